The van der Waals surface area contributed by atoms with E-state index in [1.54, 1.807) is 26.5 Å². The van der Waals surface area contributed by atoms with Gasteiger partial charge in [0.25, 0.3) is 5.56 Å². The number of aromatic nitrogens is 5. The molecule has 0 amide bonds. The average Bonchev–Trinajstić information content (AvgIpc) is 3.76. The van der Waals surface area contributed by atoms with Crippen molar-refractivity contribution in [2.24, 2.45) is 0 Å². The fourth-order valence-corrected chi connectivity index (χ4v) is 5.96. The third-order valence-corrected chi connectivity index (χ3v) is 7.87. The van der Waals surface area contributed by atoms with Crippen LogP contribution in [0, 0.1) is 0 Å². The molecule has 1 saturated carbocycles. The summed E-state index contributed by atoms with van der Waals surface area (Å²) in [6.45, 7) is 1.81. The Hall–Kier alpha value is -3.70. The Kier molecular flexibility index (Phi) is 7.34. The fourth-order valence-electron chi connectivity index (χ4n) is 5.96. The number of nitrogens with one attached hydrogen (secondary N) is 1. The first-order valence-corrected chi connectivity index (χ1v) is 13.6. The minimum atomic E-state index is -0.531. The molecule has 39 heavy (non-hydrogen) atoms. The second-order valence-corrected chi connectivity index (χ2v) is 10.3. The maximum Gasteiger partial charge on any atom is 0.253 e. The lowest BCUT2D eigenvalue weighted by molar-refractivity contribution is 0.0541. The number of hydrogen-bond donors (Lipinski definition) is 1. The summed E-state index contributed by atoms with van der Waals surface area (Å²) in [5.74, 6) is 2.58. The minimum absolute atomic E-state index is 0.0437. The molecule has 11 nitrogen and oxygen atoms in total. The van der Waals surface area contributed by atoms with Crippen LogP contribution in [0.25, 0.3) is 10.9 Å². The van der Waals surface area contributed by atoms with Gasteiger partial charge in [0.2, 0.25) is 0 Å². The van der Waals surface area contributed by atoms with E-state index in [4.69, 9.17) is 18.6 Å². The number of aromatic amines is 1. The highest BCUT2D eigenvalue weighted by atomic mass is 16.5. The molecule has 2 aliphatic rings. The number of H-pyrrole nitrogens is 1. The molecular weight excluding hydrogens is 500 g/mol. The maximum atomic E-state index is 13.8. The van der Waals surface area contributed by atoms with Gasteiger partial charge in [-0.15, -0.1) is 5.10 Å². The molecule has 2 fully saturated rings. The molecule has 2 atom stereocenters. The summed E-state index contributed by atoms with van der Waals surface area (Å²) in [6.07, 6.45) is 7.99. The molecular formula is C28H34N6O5. The SMILES string of the molecule is COc1cc2cc(C(c3nnnn3C3CCCC3)N(Cc3ccco3)CC3CCCO3)c(=O)[nH]c2cc1OC. The summed E-state index contributed by atoms with van der Waals surface area (Å²) in [5, 5.41) is 13.9. The second kappa shape index (κ2) is 11.2. The van der Waals surface area contributed by atoms with E-state index in [-0.39, 0.29) is 17.7 Å². The number of methoxy groups -OCH3 is 2. The summed E-state index contributed by atoms with van der Waals surface area (Å²) in [6, 6.07) is 9.07. The monoisotopic (exact) mass is 534 g/mol. The zero-order valence-corrected chi connectivity index (χ0v) is 22.3. The van der Waals surface area contributed by atoms with Crippen LogP contribution in [0.3, 0.4) is 0 Å². The van der Waals surface area contributed by atoms with Gasteiger partial charge in [0.1, 0.15) is 11.8 Å². The minimum Gasteiger partial charge on any atom is -0.493 e. The Balaban J connectivity index is 1.51. The van der Waals surface area contributed by atoms with Crippen molar-refractivity contribution >= 4 is 10.9 Å². The van der Waals surface area contributed by atoms with Crippen LogP contribution in [0.2, 0.25) is 0 Å². The van der Waals surface area contributed by atoms with Gasteiger partial charge in [0, 0.05) is 30.2 Å². The van der Waals surface area contributed by atoms with E-state index in [1.165, 1.54) is 0 Å². The molecule has 1 aromatic carbocycles. The molecule has 1 aliphatic heterocycles. The van der Waals surface area contributed by atoms with E-state index in [9.17, 15) is 4.79 Å². The van der Waals surface area contributed by atoms with E-state index in [0.717, 1.165) is 56.3 Å². The molecule has 1 aliphatic carbocycles. The van der Waals surface area contributed by atoms with Gasteiger partial charge in [-0.25, -0.2) is 4.68 Å². The standard InChI is InChI=1S/C28H34N6O5/c1-36-24-14-18-13-22(28(35)29-23(18)15-25(24)37-2)26(27-30-31-32-34(27)19-7-3-4-8-19)33(16-20-9-5-11-38-20)17-21-10-6-12-39-21/h5,9,11,13-15,19,21,26H,3-4,6-8,10,12,16-17H2,1-2H3,(H,29,35). The van der Waals surface area contributed by atoms with Crippen molar-refractivity contribution in [1.82, 2.24) is 30.1 Å². The lowest BCUT2D eigenvalue weighted by atomic mass is 10.0. The van der Waals surface area contributed by atoms with Gasteiger partial charge in [-0.1, -0.05) is 12.8 Å². The molecule has 3 aromatic heterocycles. The first-order chi connectivity index (χ1) is 19.1. The van der Waals surface area contributed by atoms with Gasteiger partial charge in [0.05, 0.1) is 44.7 Å². The fraction of sp³-hybridized carbons (Fsp3) is 0.500. The molecule has 11 heteroatoms. The number of nitrogens with zero attached hydrogens (tertiary/aromatic N) is 5. The van der Waals surface area contributed by atoms with E-state index in [1.807, 2.05) is 28.9 Å². The number of tetrazole rings is 1. The number of ether oxygens (including phenoxy) is 3. The summed E-state index contributed by atoms with van der Waals surface area (Å²) >= 11 is 0. The molecule has 4 aromatic rings. The Labute approximate surface area is 226 Å². The van der Waals surface area contributed by atoms with E-state index >= 15 is 0 Å². The largest absolute Gasteiger partial charge is 0.493 e. The molecule has 4 heterocycles. The summed E-state index contributed by atoms with van der Waals surface area (Å²) in [5.41, 5.74) is 0.998. The van der Waals surface area contributed by atoms with Crippen LogP contribution in [0.4, 0.5) is 0 Å². The molecule has 0 spiro atoms. The van der Waals surface area contributed by atoms with Gasteiger partial charge >= 0.3 is 0 Å². The van der Waals surface area contributed by atoms with Gasteiger partial charge < -0.3 is 23.6 Å². The van der Waals surface area contributed by atoms with Crippen LogP contribution in [0.1, 0.15) is 67.8 Å². The van der Waals surface area contributed by atoms with Crippen molar-refractivity contribution in [3.8, 4) is 11.5 Å². The molecule has 1 saturated heterocycles. The molecule has 0 radical (unpaired) electrons. The van der Waals surface area contributed by atoms with Crippen molar-refractivity contribution in [2.75, 3.05) is 27.4 Å². The van der Waals surface area contributed by atoms with E-state index in [0.29, 0.717) is 41.5 Å². The first-order valence-electron chi connectivity index (χ1n) is 13.6. The van der Waals surface area contributed by atoms with Crippen molar-refractivity contribution in [3.05, 3.63) is 64.1 Å². The topological polar surface area (TPSA) is 121 Å². The van der Waals surface area contributed by atoms with Gasteiger partial charge in [-0.05, 0) is 60.4 Å². The Bertz CT molecular complexity index is 1450. The first kappa shape index (κ1) is 25.6. The smallest absolute Gasteiger partial charge is 0.253 e. The highest BCUT2D eigenvalue weighted by molar-refractivity contribution is 5.83. The number of benzene rings is 1. The Morgan fingerprint density at radius 2 is 1.95 bits per heavy atom. The number of pyridine rings is 1. The van der Waals surface area contributed by atoms with Crippen molar-refractivity contribution in [2.45, 2.75) is 63.3 Å². The summed E-state index contributed by atoms with van der Waals surface area (Å²) in [4.78, 5) is 19.1. The molecule has 1 N–H and O–H groups in total. The molecule has 0 bridgehead atoms. The van der Waals surface area contributed by atoms with Crippen molar-refractivity contribution < 1.29 is 18.6 Å². The predicted molar refractivity (Wildman–Crippen MR) is 143 cm³/mol. The average molecular weight is 535 g/mol. The lowest BCUT2D eigenvalue weighted by Gasteiger charge is -2.32. The number of fused-ring (bicyclic) bond motifs is 1. The van der Waals surface area contributed by atoms with Crippen LogP contribution in [0.15, 0.2) is 45.8 Å². The Morgan fingerprint density at radius 3 is 2.67 bits per heavy atom. The number of hydrogen-bond acceptors (Lipinski definition) is 9. The lowest BCUT2D eigenvalue weighted by Crippen LogP contribution is -2.39. The Morgan fingerprint density at radius 1 is 1.13 bits per heavy atom. The van der Waals surface area contributed by atoms with Crippen LogP contribution in [0.5, 0.6) is 11.5 Å². The zero-order valence-electron chi connectivity index (χ0n) is 22.3. The van der Waals surface area contributed by atoms with Crippen LogP contribution >= 0.6 is 0 Å². The molecule has 2 unspecified atom stereocenters. The van der Waals surface area contributed by atoms with Gasteiger partial charge in [0.15, 0.2) is 17.3 Å². The summed E-state index contributed by atoms with van der Waals surface area (Å²) in [7, 11) is 3.17. The highest BCUT2D eigenvalue weighted by Gasteiger charge is 2.35. The zero-order chi connectivity index (χ0) is 26.8. The van der Waals surface area contributed by atoms with Crippen molar-refractivity contribution in [1.29, 1.82) is 0 Å². The third kappa shape index (κ3) is 5.16. The van der Waals surface area contributed by atoms with Gasteiger partial charge in [-0.2, -0.15) is 0 Å². The number of furan rings is 1. The molecule has 206 valence electrons. The van der Waals surface area contributed by atoms with Crippen LogP contribution in [-0.4, -0.2) is 63.6 Å². The molecule has 6 rings (SSSR count). The van der Waals surface area contributed by atoms with Gasteiger partial charge in [-0.3, -0.25) is 9.69 Å². The van der Waals surface area contributed by atoms with Crippen LogP contribution in [-0.2, 0) is 11.3 Å². The second-order valence-electron chi connectivity index (χ2n) is 10.3. The summed E-state index contributed by atoms with van der Waals surface area (Å²) < 4.78 is 24.7. The van der Waals surface area contributed by atoms with E-state index < -0.39 is 6.04 Å². The predicted octanol–water partition coefficient (Wildman–Crippen LogP) is 4.01. The maximum absolute atomic E-state index is 13.8. The number of rotatable bonds is 10. The van der Waals surface area contributed by atoms with E-state index in [2.05, 4.69) is 25.4 Å². The quantitative estimate of drug-likeness (QED) is 0.322. The normalized spacial score (nSPS) is 18.8. The van der Waals surface area contributed by atoms with Crippen molar-refractivity contribution in [3.63, 3.8) is 0 Å². The third-order valence-electron chi connectivity index (χ3n) is 7.87. The highest BCUT2D eigenvalue weighted by Crippen LogP contribution is 2.36. The van der Waals surface area contributed by atoms with Crippen LogP contribution < -0.4 is 15.0 Å².